The zero-order valence-corrected chi connectivity index (χ0v) is 36.7. The number of aromatic nitrogens is 21. The van der Waals surface area contributed by atoms with Gasteiger partial charge in [0.25, 0.3) is 0 Å². The van der Waals surface area contributed by atoms with Crippen LogP contribution < -0.4 is 0 Å². The third-order valence-electron chi connectivity index (χ3n) is 6.13. The fraction of sp³-hybridized carbons (Fsp3) is 0.214. The first-order valence-corrected chi connectivity index (χ1v) is 18.8. The molecule has 0 radical (unpaired) electrons. The molecule has 9 aromatic heterocycles. The Hall–Kier alpha value is -8.49. The molecule has 0 bridgehead atoms. The van der Waals surface area contributed by atoms with Crippen molar-refractivity contribution in [3.05, 3.63) is 199 Å². The van der Waals surface area contributed by atoms with E-state index in [2.05, 4.69) is 106 Å². The van der Waals surface area contributed by atoms with Gasteiger partial charge in [-0.05, 0) is 121 Å². The summed E-state index contributed by atoms with van der Waals surface area (Å²) < 4.78 is 0. The van der Waals surface area contributed by atoms with Gasteiger partial charge in [-0.3, -0.25) is 15.0 Å². The molecule has 21 nitrogen and oxygen atoms in total. The smallest absolute Gasteiger partial charge is 0.138 e. The van der Waals surface area contributed by atoms with Crippen molar-refractivity contribution in [3.63, 3.8) is 0 Å². The summed E-state index contributed by atoms with van der Waals surface area (Å²) in [4.78, 5) is 34.6. The van der Waals surface area contributed by atoms with Gasteiger partial charge in [0.2, 0.25) is 0 Å². The molecule has 21 heteroatoms. The predicted molar refractivity (Wildman–Crippen MR) is 234 cm³/mol. The van der Waals surface area contributed by atoms with Crippen LogP contribution in [0.15, 0.2) is 148 Å². The molecular weight excluding hydrogens is 799 g/mol. The SMILES string of the molecule is Cc1ccccn1.Cc1cccnn1.Cc1ccncn1.Cc1ccnnn1.Cc1ccnnn1.Cc1cnccn1.Cc1cncnn1.Cc1cnncn1.Cc1ncccn1. The van der Waals surface area contributed by atoms with Crippen molar-refractivity contribution >= 4 is 0 Å². The summed E-state index contributed by atoms with van der Waals surface area (Å²) in [5.41, 5.74) is 7.55. The van der Waals surface area contributed by atoms with Crippen molar-refractivity contribution in [2.45, 2.75) is 62.3 Å². The highest BCUT2D eigenvalue weighted by molar-refractivity contribution is 5.00. The Labute approximate surface area is 367 Å². The molecule has 0 spiro atoms. The third-order valence-corrected chi connectivity index (χ3v) is 6.13. The van der Waals surface area contributed by atoms with Gasteiger partial charge in [-0.25, -0.2) is 29.9 Å². The highest BCUT2D eigenvalue weighted by atomic mass is 15.3. The monoisotopic (exact) mass is 849 g/mol. The van der Waals surface area contributed by atoms with E-state index in [1.54, 1.807) is 92.6 Å². The molecule has 0 aliphatic heterocycles. The van der Waals surface area contributed by atoms with Crippen molar-refractivity contribution in [2.24, 2.45) is 0 Å². The van der Waals surface area contributed by atoms with E-state index < -0.39 is 0 Å². The van der Waals surface area contributed by atoms with Gasteiger partial charge in [-0.2, -0.15) is 20.4 Å². The summed E-state index contributed by atoms with van der Waals surface area (Å²) in [6, 6.07) is 16.9. The van der Waals surface area contributed by atoms with E-state index in [0.29, 0.717) is 0 Å². The van der Waals surface area contributed by atoms with Crippen LogP contribution in [0.3, 0.4) is 0 Å². The molecule has 0 N–H and O–H groups in total. The van der Waals surface area contributed by atoms with Gasteiger partial charge in [0, 0.05) is 61.0 Å². The fourth-order valence-electron chi connectivity index (χ4n) is 3.14. The maximum absolute atomic E-state index is 3.98. The predicted octanol–water partition coefficient (Wildman–Crippen LogP) is 5.25. The molecule has 9 aromatic rings. The molecular formula is C42H51N21. The number of hydrogen-bond donors (Lipinski definition) is 0. The van der Waals surface area contributed by atoms with Crippen LogP contribution in [-0.4, -0.2) is 106 Å². The van der Waals surface area contributed by atoms with Crippen LogP contribution >= 0.6 is 0 Å². The molecule has 0 saturated carbocycles. The Morgan fingerprint density at radius 3 is 1.10 bits per heavy atom. The molecule has 0 aliphatic carbocycles. The van der Waals surface area contributed by atoms with Crippen LogP contribution in [0.1, 0.15) is 51.4 Å². The molecule has 63 heavy (non-hydrogen) atoms. The number of aryl methyl sites for hydroxylation is 9. The van der Waals surface area contributed by atoms with E-state index in [1.807, 2.05) is 98.7 Å². The lowest BCUT2D eigenvalue weighted by atomic mass is 10.4. The topological polar surface area (TPSA) is 271 Å². The summed E-state index contributed by atoms with van der Waals surface area (Å²) in [6.07, 6.45) is 24.5. The van der Waals surface area contributed by atoms with E-state index in [9.17, 15) is 0 Å². The fourth-order valence-corrected chi connectivity index (χ4v) is 3.14. The van der Waals surface area contributed by atoms with E-state index >= 15 is 0 Å². The lowest BCUT2D eigenvalue weighted by molar-refractivity contribution is 0.839. The molecule has 0 aromatic carbocycles. The van der Waals surface area contributed by atoms with E-state index in [1.165, 1.54) is 19.0 Å². The maximum Gasteiger partial charge on any atom is 0.138 e. The van der Waals surface area contributed by atoms with Gasteiger partial charge in [-0.1, -0.05) is 6.07 Å². The normalized spacial score (nSPS) is 8.71. The van der Waals surface area contributed by atoms with Crippen LogP contribution in [0.4, 0.5) is 0 Å². The lowest BCUT2D eigenvalue weighted by Crippen LogP contribution is -1.85. The quantitative estimate of drug-likeness (QED) is 0.188. The number of hydrogen-bond acceptors (Lipinski definition) is 21. The molecule has 0 aliphatic rings. The Bertz CT molecular complexity index is 1760. The van der Waals surface area contributed by atoms with E-state index in [0.717, 1.165) is 51.4 Å². The Morgan fingerprint density at radius 2 is 0.841 bits per heavy atom. The second-order valence-electron chi connectivity index (χ2n) is 11.9. The highest BCUT2D eigenvalue weighted by Crippen LogP contribution is 1.87. The zero-order chi connectivity index (χ0) is 46.0. The molecule has 9 rings (SSSR count). The van der Waals surface area contributed by atoms with Crippen LogP contribution in [-0.2, 0) is 0 Å². The Kier molecular flexibility index (Phi) is 30.5. The molecule has 0 amide bonds. The number of rotatable bonds is 0. The summed E-state index contributed by atoms with van der Waals surface area (Å²) in [5.74, 6) is 0.822. The van der Waals surface area contributed by atoms with Crippen molar-refractivity contribution < 1.29 is 0 Å². The van der Waals surface area contributed by atoms with Gasteiger partial charge in [0.05, 0.1) is 59.0 Å². The summed E-state index contributed by atoms with van der Waals surface area (Å²) in [6.45, 7) is 17.0. The van der Waals surface area contributed by atoms with Gasteiger partial charge < -0.3 is 0 Å². The second kappa shape index (κ2) is 36.6. The van der Waals surface area contributed by atoms with Crippen molar-refractivity contribution in [3.8, 4) is 0 Å². The van der Waals surface area contributed by atoms with Crippen LogP contribution in [0.5, 0.6) is 0 Å². The molecule has 0 saturated heterocycles. The second-order valence-corrected chi connectivity index (χ2v) is 11.9. The average Bonchev–Trinajstić information content (AvgIpc) is 3.31. The van der Waals surface area contributed by atoms with Crippen molar-refractivity contribution in [1.29, 1.82) is 0 Å². The van der Waals surface area contributed by atoms with Gasteiger partial charge in [-0.15, -0.1) is 30.6 Å². The first-order valence-electron chi connectivity index (χ1n) is 18.8. The highest BCUT2D eigenvalue weighted by Gasteiger charge is 1.80. The molecule has 0 atom stereocenters. The minimum atomic E-state index is 0.822. The van der Waals surface area contributed by atoms with Crippen LogP contribution in [0.25, 0.3) is 0 Å². The molecule has 324 valence electrons. The Morgan fingerprint density at radius 1 is 0.270 bits per heavy atom. The summed E-state index contributed by atoms with van der Waals surface area (Å²) in [5, 5.41) is 42.6. The first-order chi connectivity index (χ1) is 30.5. The minimum absolute atomic E-state index is 0.822. The summed E-state index contributed by atoms with van der Waals surface area (Å²) >= 11 is 0. The van der Waals surface area contributed by atoms with Gasteiger partial charge in [0.15, 0.2) is 0 Å². The largest absolute Gasteiger partial charge is 0.262 e. The number of pyridine rings is 1. The molecule has 0 unspecified atom stereocenters. The van der Waals surface area contributed by atoms with Crippen molar-refractivity contribution in [2.75, 3.05) is 0 Å². The van der Waals surface area contributed by atoms with E-state index in [4.69, 9.17) is 0 Å². The van der Waals surface area contributed by atoms with Crippen LogP contribution in [0, 0.1) is 62.3 Å². The number of nitrogens with zero attached hydrogens (tertiary/aromatic N) is 21. The van der Waals surface area contributed by atoms with Crippen molar-refractivity contribution in [1.82, 2.24) is 106 Å². The summed E-state index contributed by atoms with van der Waals surface area (Å²) in [7, 11) is 0. The minimum Gasteiger partial charge on any atom is -0.262 e. The standard InChI is InChI=1S/C6H7N.4C5H6N2.4C4H5N3/c1-6-4-2-3-5-7-6;1-5-4-6-2-3-7-5;1-5-2-3-6-4-7-5;1-5-6-3-2-4-7-5;1-5-3-2-4-6-7-5;1-4-2-6-7-3-5-4;1-4-2-5-3-6-7-4;2*1-4-2-3-5-7-6-4/h2-5H,1H3;4*2-4H,1H3;4*2-3H,1H3. The lowest BCUT2D eigenvalue weighted by Gasteiger charge is -1.82. The van der Waals surface area contributed by atoms with Gasteiger partial charge >= 0.3 is 0 Å². The first kappa shape index (κ1) is 52.5. The van der Waals surface area contributed by atoms with Crippen LogP contribution in [0.2, 0.25) is 0 Å². The Balaban J connectivity index is 0.000000354. The maximum atomic E-state index is 3.98. The molecule has 9 heterocycles. The third kappa shape index (κ3) is 35.2. The zero-order valence-electron chi connectivity index (χ0n) is 36.7. The average molecular weight is 850 g/mol. The van der Waals surface area contributed by atoms with E-state index in [-0.39, 0.29) is 0 Å². The molecule has 0 fully saturated rings. The van der Waals surface area contributed by atoms with Gasteiger partial charge in [0.1, 0.15) is 24.8 Å².